The number of nitrogens with zero attached hydrogens (tertiary/aromatic N) is 2. The van der Waals surface area contributed by atoms with Gasteiger partial charge in [0.1, 0.15) is 12.4 Å². The summed E-state index contributed by atoms with van der Waals surface area (Å²) in [6, 6.07) is 14.0. The number of rotatable bonds is 5. The van der Waals surface area contributed by atoms with Crippen LogP contribution in [0.3, 0.4) is 0 Å². The second-order valence-corrected chi connectivity index (χ2v) is 6.56. The van der Waals surface area contributed by atoms with Crippen molar-refractivity contribution >= 4 is 11.7 Å². The summed E-state index contributed by atoms with van der Waals surface area (Å²) in [5, 5.41) is 0. The third-order valence-electron chi connectivity index (χ3n) is 4.35. The molecule has 3 rings (SSSR count). The molecule has 0 saturated carbocycles. The van der Waals surface area contributed by atoms with Gasteiger partial charge >= 0.3 is 5.97 Å². The lowest BCUT2D eigenvalue weighted by Crippen LogP contribution is -2.17. The van der Waals surface area contributed by atoms with Crippen LogP contribution in [0.4, 0.5) is 0 Å². The highest BCUT2D eigenvalue weighted by atomic mass is 16.5. The molecule has 5 nitrogen and oxygen atoms in total. The van der Waals surface area contributed by atoms with Crippen molar-refractivity contribution in [3.8, 4) is 5.75 Å². The van der Waals surface area contributed by atoms with Gasteiger partial charge in [-0.1, -0.05) is 30.3 Å². The molecule has 2 aromatic carbocycles. The number of esters is 1. The highest BCUT2D eigenvalue weighted by Crippen LogP contribution is 2.30. The van der Waals surface area contributed by atoms with E-state index >= 15 is 0 Å². The number of fused-ring (bicyclic) bond motifs is 2. The van der Waals surface area contributed by atoms with E-state index in [1.165, 1.54) is 7.11 Å². The van der Waals surface area contributed by atoms with Gasteiger partial charge < -0.3 is 14.4 Å². The molecule has 0 radical (unpaired) electrons. The lowest BCUT2D eigenvalue weighted by Gasteiger charge is -2.12. The second-order valence-electron chi connectivity index (χ2n) is 6.56. The fourth-order valence-electron chi connectivity index (χ4n) is 2.94. The van der Waals surface area contributed by atoms with Gasteiger partial charge in [-0.3, -0.25) is 9.79 Å². The van der Waals surface area contributed by atoms with Crippen molar-refractivity contribution in [2.24, 2.45) is 4.99 Å². The normalized spacial score (nSPS) is 14.4. The first kappa shape index (κ1) is 18.1. The third kappa shape index (κ3) is 4.11. The summed E-state index contributed by atoms with van der Waals surface area (Å²) in [6.07, 6.45) is 0.229. The van der Waals surface area contributed by atoms with Crippen LogP contribution in [-0.4, -0.2) is 50.9 Å². The van der Waals surface area contributed by atoms with Crippen LogP contribution in [0.15, 0.2) is 47.5 Å². The van der Waals surface area contributed by atoms with Crippen molar-refractivity contribution in [1.82, 2.24) is 4.90 Å². The molecule has 2 aromatic rings. The summed E-state index contributed by atoms with van der Waals surface area (Å²) >= 11 is 0. The van der Waals surface area contributed by atoms with Crippen LogP contribution in [0.2, 0.25) is 0 Å². The maximum Gasteiger partial charge on any atom is 0.309 e. The molecule has 1 heterocycles. The average Bonchev–Trinajstić information content (AvgIpc) is 2.78. The first-order valence-electron chi connectivity index (χ1n) is 8.69. The summed E-state index contributed by atoms with van der Waals surface area (Å²) in [5.74, 6) is 0.493. The molecule has 0 aliphatic carbocycles. The minimum Gasteiger partial charge on any atom is -0.488 e. The maximum absolute atomic E-state index is 11.6. The van der Waals surface area contributed by atoms with E-state index < -0.39 is 0 Å². The zero-order chi connectivity index (χ0) is 18.5. The van der Waals surface area contributed by atoms with Gasteiger partial charge in [-0.15, -0.1) is 0 Å². The van der Waals surface area contributed by atoms with Crippen molar-refractivity contribution in [2.45, 2.75) is 13.0 Å². The minimum atomic E-state index is -0.262. The Bertz CT molecular complexity index is 828. The number of carbonyl (C=O) groups excluding carboxylic acids is 1. The summed E-state index contributed by atoms with van der Waals surface area (Å²) in [7, 11) is 5.48. The van der Waals surface area contributed by atoms with Crippen LogP contribution < -0.4 is 4.74 Å². The van der Waals surface area contributed by atoms with Gasteiger partial charge in [-0.05, 0) is 37.4 Å². The molecule has 0 unspecified atom stereocenters. The number of hydrogen-bond acceptors (Lipinski definition) is 5. The van der Waals surface area contributed by atoms with Gasteiger partial charge in [0.15, 0.2) is 0 Å². The summed E-state index contributed by atoms with van der Waals surface area (Å²) in [5.41, 5.74) is 4.99. The van der Waals surface area contributed by atoms with Crippen molar-refractivity contribution in [2.75, 3.05) is 34.3 Å². The average molecular weight is 352 g/mol. The van der Waals surface area contributed by atoms with Crippen molar-refractivity contribution in [1.29, 1.82) is 0 Å². The van der Waals surface area contributed by atoms with E-state index in [4.69, 9.17) is 14.5 Å². The highest BCUT2D eigenvalue weighted by molar-refractivity contribution is 6.15. The Kier molecular flexibility index (Phi) is 5.68. The number of methoxy groups -OCH3 is 1. The van der Waals surface area contributed by atoms with Crippen LogP contribution in [-0.2, 0) is 22.6 Å². The molecule has 0 atom stereocenters. The third-order valence-corrected chi connectivity index (χ3v) is 4.35. The first-order chi connectivity index (χ1) is 12.6. The molecule has 1 aliphatic rings. The van der Waals surface area contributed by atoms with Crippen LogP contribution in [0.5, 0.6) is 5.75 Å². The number of ether oxygens (including phenoxy) is 2. The molecule has 5 heteroatoms. The van der Waals surface area contributed by atoms with Crippen LogP contribution in [0.1, 0.15) is 22.3 Å². The van der Waals surface area contributed by atoms with E-state index in [0.717, 1.165) is 40.3 Å². The van der Waals surface area contributed by atoms with E-state index in [1.54, 1.807) is 0 Å². The van der Waals surface area contributed by atoms with Gasteiger partial charge in [-0.2, -0.15) is 0 Å². The van der Waals surface area contributed by atoms with Crippen molar-refractivity contribution < 1.29 is 14.3 Å². The van der Waals surface area contributed by atoms with Crippen molar-refractivity contribution in [3.05, 3.63) is 64.7 Å². The van der Waals surface area contributed by atoms with Gasteiger partial charge in [-0.25, -0.2) is 0 Å². The molecule has 0 N–H and O–H groups in total. The summed E-state index contributed by atoms with van der Waals surface area (Å²) in [4.78, 5) is 18.6. The smallest absolute Gasteiger partial charge is 0.309 e. The van der Waals surface area contributed by atoms with Gasteiger partial charge in [0.25, 0.3) is 0 Å². The van der Waals surface area contributed by atoms with Gasteiger partial charge in [0, 0.05) is 17.7 Å². The molecule has 0 spiro atoms. The molecule has 0 amide bonds. The number of aliphatic imine (C=N–C) groups is 1. The monoisotopic (exact) mass is 352 g/mol. The Labute approximate surface area is 154 Å². The summed E-state index contributed by atoms with van der Waals surface area (Å²) in [6.45, 7) is 2.07. The molecule has 0 bridgehead atoms. The largest absolute Gasteiger partial charge is 0.488 e. The van der Waals surface area contributed by atoms with Gasteiger partial charge in [0.2, 0.25) is 0 Å². The summed E-state index contributed by atoms with van der Waals surface area (Å²) < 4.78 is 10.8. The molecular formula is C21H24N2O3. The minimum absolute atomic E-state index is 0.229. The molecule has 0 saturated heterocycles. The van der Waals surface area contributed by atoms with Crippen LogP contribution >= 0.6 is 0 Å². The Hall–Kier alpha value is -2.66. The van der Waals surface area contributed by atoms with E-state index in [2.05, 4.69) is 17.0 Å². The fraction of sp³-hybridized carbons (Fsp3) is 0.333. The van der Waals surface area contributed by atoms with E-state index in [0.29, 0.717) is 13.2 Å². The van der Waals surface area contributed by atoms with Crippen LogP contribution in [0.25, 0.3) is 0 Å². The Morgan fingerprint density at radius 2 is 2.00 bits per heavy atom. The van der Waals surface area contributed by atoms with Crippen molar-refractivity contribution in [3.63, 3.8) is 0 Å². The molecule has 0 fully saturated rings. The topological polar surface area (TPSA) is 51.1 Å². The molecular weight excluding hydrogens is 328 g/mol. The molecule has 0 aromatic heterocycles. The number of likely N-dealkylation sites (N-methyl/N-ethyl adjacent to an activating group) is 1. The second kappa shape index (κ2) is 8.15. The molecule has 26 heavy (non-hydrogen) atoms. The first-order valence-corrected chi connectivity index (χ1v) is 8.69. The van der Waals surface area contributed by atoms with E-state index in [9.17, 15) is 4.79 Å². The molecule has 1 aliphatic heterocycles. The predicted molar refractivity (Wildman–Crippen MR) is 102 cm³/mol. The SMILES string of the molecule is COC(=O)Cc1ccc2c(c1)OCc1ccccc1C2=NCCN(C)C. The quantitative estimate of drug-likeness (QED) is 0.777. The molecule has 136 valence electrons. The lowest BCUT2D eigenvalue weighted by molar-refractivity contribution is -0.139. The zero-order valence-electron chi connectivity index (χ0n) is 15.5. The van der Waals surface area contributed by atoms with E-state index in [-0.39, 0.29) is 12.4 Å². The number of benzene rings is 2. The van der Waals surface area contributed by atoms with E-state index in [1.807, 2.05) is 44.4 Å². The lowest BCUT2D eigenvalue weighted by atomic mass is 9.97. The zero-order valence-corrected chi connectivity index (χ0v) is 15.5. The predicted octanol–water partition coefficient (Wildman–Crippen LogP) is 2.69. The van der Waals surface area contributed by atoms with Crippen LogP contribution in [0, 0.1) is 0 Å². The maximum atomic E-state index is 11.6. The number of hydrogen-bond donors (Lipinski definition) is 0. The Balaban J connectivity index is 2.01. The number of carbonyl (C=O) groups is 1. The fourth-order valence-corrected chi connectivity index (χ4v) is 2.94. The highest BCUT2D eigenvalue weighted by Gasteiger charge is 2.21. The Morgan fingerprint density at radius 1 is 1.19 bits per heavy atom. The van der Waals surface area contributed by atoms with Gasteiger partial charge in [0.05, 0.1) is 25.8 Å². The Morgan fingerprint density at radius 3 is 2.77 bits per heavy atom. The standard InChI is InChI=1S/C21H24N2O3/c1-23(2)11-10-22-21-17-7-5-4-6-16(17)14-26-19-12-15(8-9-18(19)21)13-20(24)25-3/h4-9,12H,10-11,13-14H2,1-3H3.